The van der Waals surface area contributed by atoms with Crippen molar-refractivity contribution in [3.8, 4) is 0 Å². The van der Waals surface area contributed by atoms with Gasteiger partial charge < -0.3 is 15.3 Å². The van der Waals surface area contributed by atoms with Crippen molar-refractivity contribution in [2.24, 2.45) is 0 Å². The number of nitrogens with zero attached hydrogens (tertiary/aromatic N) is 1. The maximum absolute atomic E-state index is 9.73. The van der Waals surface area contributed by atoms with E-state index in [-0.39, 0.29) is 0 Å². The molecule has 0 heterocycles. The fraction of sp³-hybridized carbons (Fsp3) is 1.00. The van der Waals surface area contributed by atoms with Crippen LogP contribution < -0.4 is 5.32 Å². The second kappa shape index (κ2) is 5.51. The second-order valence-electron chi connectivity index (χ2n) is 3.69. The molecular weight excluding hydrogens is 152 g/mol. The van der Waals surface area contributed by atoms with Crippen LogP contribution in [0.5, 0.6) is 0 Å². The van der Waals surface area contributed by atoms with Gasteiger partial charge in [0, 0.05) is 19.6 Å². The number of likely N-dealkylation sites (N-methyl/N-ethyl adjacent to an activating group) is 2. The minimum Gasteiger partial charge on any atom is -0.389 e. The molecule has 0 aromatic rings. The van der Waals surface area contributed by atoms with Crippen LogP contribution in [-0.4, -0.2) is 49.3 Å². The van der Waals surface area contributed by atoms with Crippen molar-refractivity contribution in [2.75, 3.05) is 33.7 Å². The quantitative estimate of drug-likeness (QED) is 0.608. The lowest BCUT2D eigenvalue weighted by molar-refractivity contribution is 0.0241. The molecule has 0 saturated heterocycles. The van der Waals surface area contributed by atoms with Crippen LogP contribution in [-0.2, 0) is 0 Å². The van der Waals surface area contributed by atoms with Gasteiger partial charge in [0.15, 0.2) is 0 Å². The zero-order valence-corrected chi connectivity index (χ0v) is 8.72. The van der Waals surface area contributed by atoms with Gasteiger partial charge in [0.1, 0.15) is 0 Å². The smallest absolute Gasteiger partial charge is 0.0743 e. The molecular formula is C9H22N2O. The van der Waals surface area contributed by atoms with Crippen LogP contribution >= 0.6 is 0 Å². The van der Waals surface area contributed by atoms with Crippen LogP contribution in [0.2, 0.25) is 0 Å². The van der Waals surface area contributed by atoms with Crippen molar-refractivity contribution in [2.45, 2.75) is 25.9 Å². The first-order valence-corrected chi connectivity index (χ1v) is 4.57. The highest BCUT2D eigenvalue weighted by Crippen LogP contribution is 2.08. The molecule has 3 heteroatoms. The number of nitrogens with one attached hydrogen (secondary N) is 1. The third-order valence-corrected chi connectivity index (χ3v) is 2.12. The Bertz CT molecular complexity index is 115. The van der Waals surface area contributed by atoms with E-state index >= 15 is 0 Å². The molecule has 0 bridgehead atoms. The summed E-state index contributed by atoms with van der Waals surface area (Å²) in [6.07, 6.45) is 0.802. The number of rotatable bonds is 6. The summed E-state index contributed by atoms with van der Waals surface area (Å²) in [5, 5.41) is 12.8. The first kappa shape index (κ1) is 11.9. The van der Waals surface area contributed by atoms with Crippen LogP contribution in [0.1, 0.15) is 20.3 Å². The predicted octanol–water partition coefficient (Wildman–Crippen LogP) is 0.299. The van der Waals surface area contributed by atoms with Gasteiger partial charge in [0.2, 0.25) is 0 Å². The molecule has 1 unspecified atom stereocenters. The van der Waals surface area contributed by atoms with Crippen molar-refractivity contribution in [1.82, 2.24) is 10.2 Å². The largest absolute Gasteiger partial charge is 0.389 e. The van der Waals surface area contributed by atoms with Crippen molar-refractivity contribution in [3.63, 3.8) is 0 Å². The van der Waals surface area contributed by atoms with E-state index in [2.05, 4.69) is 10.2 Å². The molecule has 1 atom stereocenters. The highest BCUT2D eigenvalue weighted by atomic mass is 16.3. The van der Waals surface area contributed by atoms with Crippen LogP contribution in [0.3, 0.4) is 0 Å². The molecule has 0 rings (SSSR count). The van der Waals surface area contributed by atoms with E-state index in [1.54, 1.807) is 0 Å². The fourth-order valence-electron chi connectivity index (χ4n) is 1.08. The molecule has 0 aromatic carbocycles. The maximum atomic E-state index is 9.73. The first-order valence-electron chi connectivity index (χ1n) is 4.57. The average molecular weight is 174 g/mol. The van der Waals surface area contributed by atoms with Gasteiger partial charge in [-0.1, -0.05) is 6.92 Å². The zero-order chi connectivity index (χ0) is 9.61. The van der Waals surface area contributed by atoms with Crippen molar-refractivity contribution >= 4 is 0 Å². The van der Waals surface area contributed by atoms with Crippen molar-refractivity contribution < 1.29 is 5.11 Å². The van der Waals surface area contributed by atoms with Gasteiger partial charge in [0.05, 0.1) is 5.60 Å². The average Bonchev–Trinajstić information content (AvgIpc) is 2.00. The Morgan fingerprint density at radius 3 is 2.50 bits per heavy atom. The molecule has 0 aliphatic carbocycles. The van der Waals surface area contributed by atoms with Gasteiger partial charge >= 0.3 is 0 Å². The molecule has 0 aromatic heterocycles. The van der Waals surface area contributed by atoms with E-state index in [4.69, 9.17) is 0 Å². The molecule has 12 heavy (non-hydrogen) atoms. The Morgan fingerprint density at radius 1 is 1.50 bits per heavy atom. The standard InChI is InChI=1S/C9H22N2O/c1-5-9(2,12)8-11(4)7-6-10-3/h10,12H,5-8H2,1-4H3. The van der Waals surface area contributed by atoms with E-state index in [0.29, 0.717) is 0 Å². The highest BCUT2D eigenvalue weighted by molar-refractivity contribution is 4.74. The lowest BCUT2D eigenvalue weighted by atomic mass is 10.0. The summed E-state index contributed by atoms with van der Waals surface area (Å²) >= 11 is 0. The Labute approximate surface area is 75.8 Å². The van der Waals surface area contributed by atoms with E-state index in [1.807, 2.05) is 27.9 Å². The van der Waals surface area contributed by atoms with Crippen molar-refractivity contribution in [1.29, 1.82) is 0 Å². The third-order valence-electron chi connectivity index (χ3n) is 2.12. The van der Waals surface area contributed by atoms with Gasteiger partial charge in [-0.25, -0.2) is 0 Å². The predicted molar refractivity (Wildman–Crippen MR) is 52.3 cm³/mol. The summed E-state index contributed by atoms with van der Waals surface area (Å²) < 4.78 is 0. The van der Waals surface area contributed by atoms with E-state index in [1.165, 1.54) is 0 Å². The van der Waals surface area contributed by atoms with Gasteiger partial charge in [-0.3, -0.25) is 0 Å². The minimum absolute atomic E-state index is 0.539. The highest BCUT2D eigenvalue weighted by Gasteiger charge is 2.19. The normalized spacial score (nSPS) is 16.5. The van der Waals surface area contributed by atoms with Gasteiger partial charge in [-0.05, 0) is 27.4 Å². The molecule has 0 spiro atoms. The Balaban J connectivity index is 3.60. The Hall–Kier alpha value is -0.120. The fourth-order valence-corrected chi connectivity index (χ4v) is 1.08. The Kier molecular flexibility index (Phi) is 5.46. The van der Waals surface area contributed by atoms with Crippen LogP contribution in [0.15, 0.2) is 0 Å². The van der Waals surface area contributed by atoms with E-state index in [9.17, 15) is 5.11 Å². The maximum Gasteiger partial charge on any atom is 0.0743 e. The topological polar surface area (TPSA) is 35.5 Å². The zero-order valence-electron chi connectivity index (χ0n) is 8.72. The SMILES string of the molecule is CCC(C)(O)CN(C)CCNC. The second-order valence-corrected chi connectivity index (χ2v) is 3.69. The van der Waals surface area contributed by atoms with Crippen LogP contribution in [0, 0.1) is 0 Å². The van der Waals surface area contributed by atoms with Gasteiger partial charge in [-0.15, -0.1) is 0 Å². The number of hydrogen-bond acceptors (Lipinski definition) is 3. The van der Waals surface area contributed by atoms with Crippen LogP contribution in [0.4, 0.5) is 0 Å². The molecule has 0 amide bonds. The summed E-state index contributed by atoms with van der Waals surface area (Å²) in [5.41, 5.74) is -0.539. The summed E-state index contributed by atoms with van der Waals surface area (Å²) in [6.45, 7) is 6.57. The lowest BCUT2D eigenvalue weighted by Gasteiger charge is -2.27. The van der Waals surface area contributed by atoms with Crippen molar-refractivity contribution in [3.05, 3.63) is 0 Å². The van der Waals surface area contributed by atoms with Gasteiger partial charge in [0.25, 0.3) is 0 Å². The summed E-state index contributed by atoms with van der Waals surface area (Å²) in [6, 6.07) is 0. The molecule has 3 nitrogen and oxygen atoms in total. The monoisotopic (exact) mass is 174 g/mol. The molecule has 0 fully saturated rings. The summed E-state index contributed by atoms with van der Waals surface area (Å²) in [4.78, 5) is 2.14. The Morgan fingerprint density at radius 2 is 2.08 bits per heavy atom. The van der Waals surface area contributed by atoms with E-state index in [0.717, 1.165) is 26.1 Å². The summed E-state index contributed by atoms with van der Waals surface area (Å²) in [7, 11) is 3.97. The molecule has 0 aliphatic heterocycles. The summed E-state index contributed by atoms with van der Waals surface area (Å²) in [5.74, 6) is 0. The minimum atomic E-state index is -0.539. The molecule has 0 saturated carbocycles. The van der Waals surface area contributed by atoms with E-state index < -0.39 is 5.60 Å². The molecule has 0 aliphatic rings. The van der Waals surface area contributed by atoms with Crippen LogP contribution in [0.25, 0.3) is 0 Å². The first-order chi connectivity index (χ1) is 5.52. The molecule has 2 N–H and O–H groups in total. The number of hydrogen-bond donors (Lipinski definition) is 2. The number of aliphatic hydroxyl groups is 1. The third kappa shape index (κ3) is 5.52. The lowest BCUT2D eigenvalue weighted by Crippen LogP contribution is -2.40. The molecule has 74 valence electrons. The molecule has 0 radical (unpaired) electrons. The van der Waals surface area contributed by atoms with Gasteiger partial charge in [-0.2, -0.15) is 0 Å².